The van der Waals surface area contributed by atoms with E-state index in [1.807, 2.05) is 0 Å². The van der Waals surface area contributed by atoms with Gasteiger partial charge in [0.05, 0.1) is 18.1 Å². The Morgan fingerprint density at radius 1 is 1.41 bits per heavy atom. The fourth-order valence-corrected chi connectivity index (χ4v) is 1.45. The zero-order valence-electron chi connectivity index (χ0n) is 9.53. The Morgan fingerprint density at radius 2 is 2.12 bits per heavy atom. The van der Waals surface area contributed by atoms with Crippen LogP contribution in [0.25, 0.3) is 0 Å². The maximum Gasteiger partial charge on any atom is 0.338 e. The van der Waals surface area contributed by atoms with Crippen LogP contribution in [0.1, 0.15) is 22.8 Å². The van der Waals surface area contributed by atoms with Crippen molar-refractivity contribution in [3.05, 3.63) is 29.3 Å². The molecule has 1 aromatic carbocycles. The third kappa shape index (κ3) is 3.75. The summed E-state index contributed by atoms with van der Waals surface area (Å²) in [6, 6.07) is 4.74. The second-order valence-electron chi connectivity index (χ2n) is 3.48. The first-order valence-corrected chi connectivity index (χ1v) is 5.75. The molecular formula is C12H14ClNO3. The molecule has 1 rings (SSSR count). The summed E-state index contributed by atoms with van der Waals surface area (Å²) >= 11 is 5.41. The van der Waals surface area contributed by atoms with Gasteiger partial charge in [0.15, 0.2) is 5.78 Å². The monoisotopic (exact) mass is 255 g/mol. The Labute approximate surface area is 105 Å². The standard InChI is InChI=1S/C12H14ClNO3/c1-2-17-12(16)9-4-3-8(11(14)6-9)5-10(15)7-13/h3-4,6H,2,5,7,14H2,1H3. The van der Waals surface area contributed by atoms with Gasteiger partial charge in [0, 0.05) is 12.1 Å². The van der Waals surface area contributed by atoms with E-state index in [1.165, 1.54) is 6.07 Å². The number of Topliss-reactive ketones (excluding diaryl/α,β-unsaturated/α-hetero) is 1. The van der Waals surface area contributed by atoms with E-state index in [9.17, 15) is 9.59 Å². The second-order valence-corrected chi connectivity index (χ2v) is 3.75. The summed E-state index contributed by atoms with van der Waals surface area (Å²) in [6.45, 7) is 2.04. The highest BCUT2D eigenvalue weighted by Gasteiger charge is 2.10. The largest absolute Gasteiger partial charge is 0.462 e. The highest BCUT2D eigenvalue weighted by Crippen LogP contribution is 2.16. The Bertz CT molecular complexity index is 432. The van der Waals surface area contributed by atoms with Gasteiger partial charge in [-0.3, -0.25) is 4.79 Å². The summed E-state index contributed by atoms with van der Waals surface area (Å²) in [5.41, 5.74) is 7.20. The zero-order chi connectivity index (χ0) is 12.8. The van der Waals surface area contributed by atoms with Crippen molar-refractivity contribution in [3.8, 4) is 0 Å². The minimum Gasteiger partial charge on any atom is -0.462 e. The van der Waals surface area contributed by atoms with Gasteiger partial charge >= 0.3 is 5.97 Å². The Kier molecular flexibility index (Phi) is 4.97. The smallest absolute Gasteiger partial charge is 0.338 e. The number of nitrogen functional groups attached to an aromatic ring is 1. The number of rotatable bonds is 5. The van der Waals surface area contributed by atoms with Gasteiger partial charge in [-0.2, -0.15) is 0 Å². The number of anilines is 1. The second kappa shape index (κ2) is 6.25. The maximum absolute atomic E-state index is 11.4. The Morgan fingerprint density at radius 3 is 2.65 bits per heavy atom. The van der Waals surface area contributed by atoms with Crippen molar-refractivity contribution in [3.63, 3.8) is 0 Å². The van der Waals surface area contributed by atoms with Crippen LogP contribution in [0.3, 0.4) is 0 Å². The normalized spacial score (nSPS) is 10.0. The molecule has 0 unspecified atom stereocenters. The van der Waals surface area contributed by atoms with E-state index in [0.717, 1.165) is 0 Å². The summed E-state index contributed by atoms with van der Waals surface area (Å²) < 4.78 is 4.84. The summed E-state index contributed by atoms with van der Waals surface area (Å²) in [5, 5.41) is 0. The van der Waals surface area contributed by atoms with E-state index < -0.39 is 5.97 Å². The first kappa shape index (κ1) is 13.5. The SMILES string of the molecule is CCOC(=O)c1ccc(CC(=O)CCl)c(N)c1. The first-order chi connectivity index (χ1) is 8.08. The van der Waals surface area contributed by atoms with Crippen LogP contribution in [0.4, 0.5) is 5.69 Å². The molecule has 1 aromatic rings. The molecule has 0 radical (unpaired) electrons. The predicted octanol–water partition coefficient (Wildman–Crippen LogP) is 1.80. The lowest BCUT2D eigenvalue weighted by molar-refractivity contribution is -0.116. The number of nitrogens with two attached hydrogens (primary N) is 1. The molecule has 0 aromatic heterocycles. The first-order valence-electron chi connectivity index (χ1n) is 5.21. The van der Waals surface area contributed by atoms with Gasteiger partial charge in [0.25, 0.3) is 0 Å². The highest BCUT2D eigenvalue weighted by molar-refractivity contribution is 6.27. The number of halogens is 1. The van der Waals surface area contributed by atoms with Crippen LogP contribution in [0.5, 0.6) is 0 Å². The van der Waals surface area contributed by atoms with Crippen LogP contribution in [0.2, 0.25) is 0 Å². The molecule has 0 aliphatic heterocycles. The molecule has 0 heterocycles. The number of ether oxygens (including phenoxy) is 1. The molecule has 0 aliphatic carbocycles. The van der Waals surface area contributed by atoms with Crippen LogP contribution < -0.4 is 5.73 Å². The van der Waals surface area contributed by atoms with E-state index in [-0.39, 0.29) is 18.1 Å². The average molecular weight is 256 g/mol. The molecule has 2 N–H and O–H groups in total. The molecule has 0 spiro atoms. The highest BCUT2D eigenvalue weighted by atomic mass is 35.5. The Hall–Kier alpha value is -1.55. The van der Waals surface area contributed by atoms with Crippen LogP contribution in [-0.2, 0) is 16.0 Å². The minimum atomic E-state index is -0.422. The molecule has 0 fully saturated rings. The lowest BCUT2D eigenvalue weighted by atomic mass is 10.0. The lowest BCUT2D eigenvalue weighted by Crippen LogP contribution is -2.09. The van der Waals surface area contributed by atoms with Gasteiger partial charge < -0.3 is 10.5 Å². The average Bonchev–Trinajstić information content (AvgIpc) is 2.31. The Balaban J connectivity index is 2.86. The fourth-order valence-electron chi connectivity index (χ4n) is 1.36. The van der Waals surface area contributed by atoms with Gasteiger partial charge in [-0.15, -0.1) is 11.6 Å². The van der Waals surface area contributed by atoms with Crippen LogP contribution >= 0.6 is 11.6 Å². The van der Waals surface area contributed by atoms with Crippen molar-refractivity contribution < 1.29 is 14.3 Å². The predicted molar refractivity (Wildman–Crippen MR) is 66.2 cm³/mol. The van der Waals surface area contributed by atoms with Crippen LogP contribution in [0.15, 0.2) is 18.2 Å². The van der Waals surface area contributed by atoms with Crippen LogP contribution in [0, 0.1) is 0 Å². The van der Waals surface area contributed by atoms with Gasteiger partial charge in [-0.25, -0.2) is 4.79 Å². The number of benzene rings is 1. The summed E-state index contributed by atoms with van der Waals surface area (Å²) in [4.78, 5) is 22.6. The molecule has 4 nitrogen and oxygen atoms in total. The van der Waals surface area contributed by atoms with Gasteiger partial charge in [-0.1, -0.05) is 6.07 Å². The van der Waals surface area contributed by atoms with Gasteiger partial charge in [0.2, 0.25) is 0 Å². The minimum absolute atomic E-state index is 0.0426. The van der Waals surface area contributed by atoms with E-state index >= 15 is 0 Å². The maximum atomic E-state index is 11.4. The van der Waals surface area contributed by atoms with Crippen LogP contribution in [-0.4, -0.2) is 24.2 Å². The molecule has 17 heavy (non-hydrogen) atoms. The zero-order valence-corrected chi connectivity index (χ0v) is 10.3. The summed E-state index contributed by atoms with van der Waals surface area (Å²) in [7, 11) is 0. The number of carbonyl (C=O) groups is 2. The molecule has 5 heteroatoms. The molecule has 92 valence electrons. The molecule has 0 amide bonds. The third-order valence-corrected chi connectivity index (χ3v) is 2.49. The number of alkyl halides is 1. The quantitative estimate of drug-likeness (QED) is 0.495. The topological polar surface area (TPSA) is 69.4 Å². The van der Waals surface area contributed by atoms with Crippen molar-refractivity contribution >= 4 is 29.0 Å². The number of esters is 1. The van der Waals surface area contributed by atoms with E-state index in [2.05, 4.69) is 0 Å². The van der Waals surface area contributed by atoms with E-state index in [1.54, 1.807) is 19.1 Å². The molecular weight excluding hydrogens is 242 g/mol. The fraction of sp³-hybridized carbons (Fsp3) is 0.333. The number of hydrogen-bond acceptors (Lipinski definition) is 4. The lowest BCUT2D eigenvalue weighted by Gasteiger charge is -2.07. The number of carbonyl (C=O) groups excluding carboxylic acids is 2. The third-order valence-electron chi connectivity index (χ3n) is 2.19. The molecule has 0 bridgehead atoms. The molecule has 0 saturated heterocycles. The van der Waals surface area contributed by atoms with Crippen molar-refractivity contribution in [1.82, 2.24) is 0 Å². The van der Waals surface area contributed by atoms with Crippen molar-refractivity contribution in [1.29, 1.82) is 0 Å². The summed E-state index contributed by atoms with van der Waals surface area (Å²) in [6.07, 6.45) is 0.179. The van der Waals surface area contributed by atoms with Crippen molar-refractivity contribution in [2.24, 2.45) is 0 Å². The molecule has 0 atom stereocenters. The summed E-state index contributed by atoms with van der Waals surface area (Å²) in [5.74, 6) is -0.573. The van der Waals surface area contributed by atoms with Crippen molar-refractivity contribution in [2.45, 2.75) is 13.3 Å². The van der Waals surface area contributed by atoms with Gasteiger partial charge in [0.1, 0.15) is 0 Å². The van der Waals surface area contributed by atoms with E-state index in [0.29, 0.717) is 23.4 Å². The van der Waals surface area contributed by atoms with Crippen molar-refractivity contribution in [2.75, 3.05) is 18.2 Å². The van der Waals surface area contributed by atoms with E-state index in [4.69, 9.17) is 22.1 Å². The number of hydrogen-bond donors (Lipinski definition) is 1. The van der Waals surface area contributed by atoms with Gasteiger partial charge in [-0.05, 0) is 24.6 Å². The molecule has 0 saturated carbocycles. The molecule has 0 aliphatic rings. The number of ketones is 1.